The average molecular weight is 411 g/mol. The fourth-order valence-corrected chi connectivity index (χ4v) is 6.63. The number of carbonyl (C=O) groups is 1. The molecule has 4 saturated carbocycles. The Bertz CT molecular complexity index is 1190. The van der Waals surface area contributed by atoms with Gasteiger partial charge in [0.05, 0.1) is 11.7 Å². The summed E-state index contributed by atoms with van der Waals surface area (Å²) >= 11 is 0. The molecular weight excluding hydrogens is 384 g/mol. The lowest BCUT2D eigenvalue weighted by atomic mass is 9.53. The summed E-state index contributed by atoms with van der Waals surface area (Å²) in [5.74, 6) is 2.34. The van der Waals surface area contributed by atoms with Crippen molar-refractivity contribution in [2.45, 2.75) is 32.1 Å². The van der Waals surface area contributed by atoms with E-state index in [1.807, 2.05) is 18.3 Å². The summed E-state index contributed by atoms with van der Waals surface area (Å²) in [7, 11) is 0. The van der Waals surface area contributed by atoms with Crippen molar-refractivity contribution in [1.82, 2.24) is 10.2 Å². The number of rotatable bonds is 4. The number of nitrogens with one attached hydrogen (secondary N) is 1. The summed E-state index contributed by atoms with van der Waals surface area (Å²) in [5.41, 5.74) is 7.54. The molecule has 0 aliphatic heterocycles. The number of allylic oxidation sites excluding steroid dienone is 1. The van der Waals surface area contributed by atoms with Crippen LogP contribution >= 0.6 is 0 Å². The predicted octanol–water partition coefficient (Wildman–Crippen LogP) is 5.92. The maximum Gasteiger partial charge on any atom is 0.328 e. The molecule has 4 fully saturated rings. The summed E-state index contributed by atoms with van der Waals surface area (Å²) in [6.45, 7) is 0. The van der Waals surface area contributed by atoms with Gasteiger partial charge in [0.1, 0.15) is 0 Å². The Morgan fingerprint density at radius 2 is 1.61 bits per heavy atom. The van der Waals surface area contributed by atoms with E-state index < -0.39 is 5.97 Å². The van der Waals surface area contributed by atoms with E-state index in [4.69, 9.17) is 5.11 Å². The SMILES string of the molecule is O=C(O)/C=C/c1ccc(C(=C2C3CC4CC(C3)CC2C4)c2ccc3[nH]ncc3c2)cc1. The third kappa shape index (κ3) is 3.31. The number of hydrogen-bond donors (Lipinski definition) is 2. The maximum atomic E-state index is 10.9. The van der Waals surface area contributed by atoms with Gasteiger partial charge in [-0.3, -0.25) is 5.10 Å². The van der Waals surface area contributed by atoms with Gasteiger partial charge in [0.15, 0.2) is 0 Å². The Morgan fingerprint density at radius 1 is 0.935 bits per heavy atom. The highest BCUT2D eigenvalue weighted by molar-refractivity contribution is 5.89. The molecule has 4 bridgehead atoms. The normalized spacial score (nSPS) is 26.8. The van der Waals surface area contributed by atoms with E-state index in [1.54, 1.807) is 11.6 Å². The van der Waals surface area contributed by atoms with Crippen molar-refractivity contribution in [1.29, 1.82) is 0 Å². The lowest BCUT2D eigenvalue weighted by Gasteiger charge is -2.52. The number of aromatic nitrogens is 2. The number of aliphatic carboxylic acids is 1. The van der Waals surface area contributed by atoms with Gasteiger partial charge in [-0.05, 0) is 96.2 Å². The van der Waals surface area contributed by atoms with Crippen LogP contribution in [-0.4, -0.2) is 21.3 Å². The van der Waals surface area contributed by atoms with E-state index in [0.29, 0.717) is 11.8 Å². The molecule has 1 heterocycles. The molecule has 4 aliphatic rings. The van der Waals surface area contributed by atoms with Crippen molar-refractivity contribution in [3.8, 4) is 0 Å². The molecule has 4 aliphatic carbocycles. The molecule has 0 spiro atoms. The van der Waals surface area contributed by atoms with Crippen LogP contribution in [0.15, 0.2) is 60.3 Å². The van der Waals surface area contributed by atoms with Crippen LogP contribution in [0.5, 0.6) is 0 Å². The molecule has 1 aromatic heterocycles. The largest absolute Gasteiger partial charge is 0.478 e. The van der Waals surface area contributed by atoms with Crippen LogP contribution in [0.25, 0.3) is 22.6 Å². The summed E-state index contributed by atoms with van der Waals surface area (Å²) in [5, 5.41) is 17.3. The minimum atomic E-state index is -0.922. The summed E-state index contributed by atoms with van der Waals surface area (Å²) in [6.07, 6.45) is 11.6. The molecule has 3 aromatic rings. The van der Waals surface area contributed by atoms with Crippen molar-refractivity contribution >= 4 is 28.5 Å². The highest BCUT2D eigenvalue weighted by atomic mass is 16.4. The van der Waals surface area contributed by atoms with Crippen LogP contribution in [0.2, 0.25) is 0 Å². The second kappa shape index (κ2) is 7.23. The number of nitrogens with zero attached hydrogens (tertiary/aromatic N) is 1. The summed E-state index contributed by atoms with van der Waals surface area (Å²) < 4.78 is 0. The van der Waals surface area contributed by atoms with Crippen molar-refractivity contribution in [2.24, 2.45) is 23.7 Å². The number of aromatic amines is 1. The summed E-state index contributed by atoms with van der Waals surface area (Å²) in [4.78, 5) is 10.9. The minimum Gasteiger partial charge on any atom is -0.478 e. The molecule has 0 atom stereocenters. The number of H-pyrrole nitrogens is 1. The van der Waals surface area contributed by atoms with Crippen molar-refractivity contribution < 1.29 is 9.90 Å². The van der Waals surface area contributed by atoms with E-state index in [9.17, 15) is 4.79 Å². The van der Waals surface area contributed by atoms with E-state index in [1.165, 1.54) is 54.9 Å². The Kier molecular flexibility index (Phi) is 4.34. The van der Waals surface area contributed by atoms with Crippen LogP contribution in [0.4, 0.5) is 0 Å². The average Bonchev–Trinajstić information content (AvgIpc) is 3.23. The molecule has 7 rings (SSSR count). The molecular formula is C27H26N2O2. The van der Waals surface area contributed by atoms with E-state index >= 15 is 0 Å². The van der Waals surface area contributed by atoms with Gasteiger partial charge in [-0.2, -0.15) is 5.10 Å². The van der Waals surface area contributed by atoms with Gasteiger partial charge in [-0.1, -0.05) is 35.9 Å². The monoisotopic (exact) mass is 410 g/mol. The molecule has 0 unspecified atom stereocenters. The number of carboxylic acids is 1. The van der Waals surface area contributed by atoms with Gasteiger partial charge in [0, 0.05) is 11.5 Å². The van der Waals surface area contributed by atoms with Crippen LogP contribution < -0.4 is 0 Å². The Hall–Kier alpha value is -3.14. The van der Waals surface area contributed by atoms with Gasteiger partial charge in [-0.25, -0.2) is 4.79 Å². The van der Waals surface area contributed by atoms with Gasteiger partial charge in [0.2, 0.25) is 0 Å². The van der Waals surface area contributed by atoms with Crippen LogP contribution in [0.1, 0.15) is 48.8 Å². The highest BCUT2D eigenvalue weighted by Gasteiger charge is 2.46. The van der Waals surface area contributed by atoms with Crippen molar-refractivity contribution in [3.63, 3.8) is 0 Å². The second-order valence-electron chi connectivity index (χ2n) is 9.60. The molecule has 2 N–H and O–H groups in total. The second-order valence-corrected chi connectivity index (χ2v) is 9.60. The Morgan fingerprint density at radius 3 is 2.29 bits per heavy atom. The van der Waals surface area contributed by atoms with E-state index in [2.05, 4.69) is 40.5 Å². The van der Waals surface area contributed by atoms with Crippen LogP contribution in [0.3, 0.4) is 0 Å². The maximum absolute atomic E-state index is 10.9. The molecule has 4 heteroatoms. The third-order valence-corrected chi connectivity index (χ3v) is 7.65. The van der Waals surface area contributed by atoms with E-state index in [0.717, 1.165) is 28.3 Å². The minimum absolute atomic E-state index is 0.706. The van der Waals surface area contributed by atoms with Crippen molar-refractivity contribution in [2.75, 3.05) is 0 Å². The van der Waals surface area contributed by atoms with E-state index in [-0.39, 0.29) is 0 Å². The van der Waals surface area contributed by atoms with Gasteiger partial charge >= 0.3 is 5.97 Å². The summed E-state index contributed by atoms with van der Waals surface area (Å²) in [6, 6.07) is 15.0. The molecule has 2 aromatic carbocycles. The zero-order valence-electron chi connectivity index (χ0n) is 17.4. The molecule has 0 amide bonds. The number of fused-ring (bicyclic) bond motifs is 1. The van der Waals surface area contributed by atoms with Crippen LogP contribution in [-0.2, 0) is 4.79 Å². The van der Waals surface area contributed by atoms with Gasteiger partial charge in [0.25, 0.3) is 0 Å². The van der Waals surface area contributed by atoms with Crippen molar-refractivity contribution in [3.05, 3.63) is 77.0 Å². The molecule has 156 valence electrons. The highest BCUT2D eigenvalue weighted by Crippen LogP contribution is 2.58. The molecule has 31 heavy (non-hydrogen) atoms. The zero-order valence-corrected chi connectivity index (χ0v) is 17.4. The lowest BCUT2D eigenvalue weighted by Crippen LogP contribution is -2.40. The van der Waals surface area contributed by atoms with Gasteiger partial charge < -0.3 is 5.11 Å². The lowest BCUT2D eigenvalue weighted by molar-refractivity contribution is -0.131. The first-order chi connectivity index (χ1) is 15.1. The molecule has 0 radical (unpaired) electrons. The number of hydrogen-bond acceptors (Lipinski definition) is 2. The number of carboxylic acid groups (broad SMARTS) is 1. The predicted molar refractivity (Wildman–Crippen MR) is 122 cm³/mol. The van der Waals surface area contributed by atoms with Gasteiger partial charge in [-0.15, -0.1) is 0 Å². The molecule has 0 saturated heterocycles. The quantitative estimate of drug-likeness (QED) is 0.525. The topological polar surface area (TPSA) is 66.0 Å². The first kappa shape index (κ1) is 18.6. The number of benzene rings is 2. The fraction of sp³-hybridized carbons (Fsp3) is 0.333. The smallest absolute Gasteiger partial charge is 0.328 e. The Balaban J connectivity index is 1.49. The molecule has 4 nitrogen and oxygen atoms in total. The van der Waals surface area contributed by atoms with Crippen LogP contribution in [0, 0.1) is 23.7 Å². The standard InChI is InChI=1S/C27H26N2O2/c30-25(31)8-3-16-1-4-19(5-2-16)26(20-6-7-24-23(14-20)15-28-29-24)27-21-10-17-9-18(12-21)13-22(27)11-17/h1-8,14-15,17-18,21-22H,9-13H2,(H,28,29)(H,30,31)/b8-3+,27-26?. The first-order valence-electron chi connectivity index (χ1n) is 11.3. The first-order valence-corrected chi connectivity index (χ1v) is 11.3. The third-order valence-electron chi connectivity index (χ3n) is 7.65. The Labute approximate surface area is 181 Å². The fourth-order valence-electron chi connectivity index (χ4n) is 6.63. The zero-order chi connectivity index (χ0) is 20.9.